The Morgan fingerprint density at radius 1 is 1.25 bits per heavy atom. The van der Waals surface area contributed by atoms with Crippen molar-refractivity contribution in [2.75, 3.05) is 0 Å². The number of rotatable bonds is 4. The van der Waals surface area contributed by atoms with Crippen molar-refractivity contribution in [2.45, 2.75) is 32.6 Å². The van der Waals surface area contributed by atoms with E-state index >= 15 is 0 Å². The molecule has 2 aliphatic rings. The van der Waals surface area contributed by atoms with Gasteiger partial charge < -0.3 is 5.11 Å². The summed E-state index contributed by atoms with van der Waals surface area (Å²) >= 11 is 0. The quantitative estimate of drug-likeness (QED) is 0.698. The fourth-order valence-corrected chi connectivity index (χ4v) is 2.33. The van der Waals surface area contributed by atoms with Gasteiger partial charge in [-0.1, -0.05) is 6.92 Å². The average Bonchev–Trinajstić information content (AvgIpc) is 2.81. The van der Waals surface area contributed by atoms with Gasteiger partial charge in [0, 0.05) is 0 Å². The molecular weight excluding hydrogens is 152 g/mol. The molecule has 0 heterocycles. The Labute approximate surface area is 73.0 Å². The predicted molar refractivity (Wildman–Crippen MR) is 45.7 cm³/mol. The van der Waals surface area contributed by atoms with Crippen LogP contribution in [-0.2, 0) is 4.79 Å². The summed E-state index contributed by atoms with van der Waals surface area (Å²) in [6.45, 7) is 1.88. The van der Waals surface area contributed by atoms with E-state index in [1.807, 2.05) is 6.92 Å². The van der Waals surface area contributed by atoms with Crippen molar-refractivity contribution < 1.29 is 9.90 Å². The van der Waals surface area contributed by atoms with E-state index in [2.05, 4.69) is 0 Å². The monoisotopic (exact) mass is 168 g/mol. The number of carboxylic acid groups (broad SMARTS) is 1. The van der Waals surface area contributed by atoms with Crippen LogP contribution in [0.25, 0.3) is 0 Å². The molecule has 2 saturated carbocycles. The lowest BCUT2D eigenvalue weighted by Gasteiger charge is -2.19. The lowest BCUT2D eigenvalue weighted by Crippen LogP contribution is -2.23. The van der Waals surface area contributed by atoms with Crippen LogP contribution in [0.1, 0.15) is 32.6 Å². The van der Waals surface area contributed by atoms with Crippen molar-refractivity contribution in [1.82, 2.24) is 0 Å². The Bertz CT molecular complexity index is 180. The van der Waals surface area contributed by atoms with Gasteiger partial charge in [-0.05, 0) is 43.4 Å². The number of carbonyl (C=O) groups is 1. The zero-order valence-corrected chi connectivity index (χ0v) is 7.49. The second-order valence-corrected chi connectivity index (χ2v) is 4.38. The van der Waals surface area contributed by atoms with E-state index in [1.165, 1.54) is 25.7 Å². The summed E-state index contributed by atoms with van der Waals surface area (Å²) in [4.78, 5) is 10.8. The van der Waals surface area contributed by atoms with E-state index < -0.39 is 5.97 Å². The first-order valence-corrected chi connectivity index (χ1v) is 4.93. The standard InChI is InChI=1S/C10H16O2/c1-6(10(11)12)9(7-2-3-7)8-4-5-8/h6-9H,2-5H2,1H3,(H,11,12). The van der Waals surface area contributed by atoms with Gasteiger partial charge in [-0.15, -0.1) is 0 Å². The highest BCUT2D eigenvalue weighted by Crippen LogP contribution is 2.52. The van der Waals surface area contributed by atoms with Crippen molar-refractivity contribution in [2.24, 2.45) is 23.7 Å². The highest BCUT2D eigenvalue weighted by molar-refractivity contribution is 5.70. The lowest BCUT2D eigenvalue weighted by atomic mass is 9.85. The predicted octanol–water partition coefficient (Wildman–Crippen LogP) is 2.14. The van der Waals surface area contributed by atoms with Gasteiger partial charge in [0.2, 0.25) is 0 Å². The van der Waals surface area contributed by atoms with Gasteiger partial charge in [0.25, 0.3) is 0 Å². The molecule has 2 nitrogen and oxygen atoms in total. The van der Waals surface area contributed by atoms with Gasteiger partial charge in [-0.2, -0.15) is 0 Å². The van der Waals surface area contributed by atoms with Crippen LogP contribution in [0.3, 0.4) is 0 Å². The van der Waals surface area contributed by atoms with Gasteiger partial charge >= 0.3 is 5.97 Å². The minimum absolute atomic E-state index is 0.106. The van der Waals surface area contributed by atoms with E-state index in [-0.39, 0.29) is 5.92 Å². The summed E-state index contributed by atoms with van der Waals surface area (Å²) in [5.41, 5.74) is 0. The summed E-state index contributed by atoms with van der Waals surface area (Å²) in [5, 5.41) is 8.91. The van der Waals surface area contributed by atoms with Crippen LogP contribution in [0, 0.1) is 23.7 Å². The van der Waals surface area contributed by atoms with Crippen molar-refractivity contribution >= 4 is 5.97 Å². The molecule has 1 unspecified atom stereocenters. The van der Waals surface area contributed by atoms with E-state index in [0.717, 1.165) is 11.8 Å². The van der Waals surface area contributed by atoms with Crippen molar-refractivity contribution in [3.8, 4) is 0 Å². The molecule has 2 rings (SSSR count). The fraction of sp³-hybridized carbons (Fsp3) is 0.900. The first-order valence-electron chi connectivity index (χ1n) is 4.93. The van der Waals surface area contributed by atoms with Gasteiger partial charge in [0.1, 0.15) is 0 Å². The Morgan fingerprint density at radius 3 is 1.92 bits per heavy atom. The van der Waals surface area contributed by atoms with Crippen LogP contribution in [0.4, 0.5) is 0 Å². The topological polar surface area (TPSA) is 37.3 Å². The molecule has 0 bridgehead atoms. The third-order valence-corrected chi connectivity index (χ3v) is 3.30. The Kier molecular flexibility index (Phi) is 1.85. The maximum Gasteiger partial charge on any atom is 0.306 e. The van der Waals surface area contributed by atoms with E-state index in [1.54, 1.807) is 0 Å². The SMILES string of the molecule is CC(C(=O)O)C(C1CC1)C1CC1. The van der Waals surface area contributed by atoms with Crippen LogP contribution in [-0.4, -0.2) is 11.1 Å². The number of carboxylic acids is 1. The molecule has 2 heteroatoms. The Morgan fingerprint density at radius 2 is 1.67 bits per heavy atom. The van der Waals surface area contributed by atoms with E-state index in [9.17, 15) is 4.79 Å². The lowest BCUT2D eigenvalue weighted by molar-refractivity contribution is -0.143. The van der Waals surface area contributed by atoms with E-state index in [4.69, 9.17) is 5.11 Å². The third-order valence-electron chi connectivity index (χ3n) is 3.30. The zero-order valence-electron chi connectivity index (χ0n) is 7.49. The molecule has 0 aliphatic heterocycles. The molecule has 1 atom stereocenters. The molecule has 0 saturated heterocycles. The summed E-state index contributed by atoms with van der Waals surface area (Å²) in [6, 6.07) is 0. The van der Waals surface area contributed by atoms with Gasteiger partial charge in [-0.25, -0.2) is 0 Å². The van der Waals surface area contributed by atoms with Crippen LogP contribution >= 0.6 is 0 Å². The minimum Gasteiger partial charge on any atom is -0.481 e. The maximum atomic E-state index is 10.8. The molecule has 0 aromatic rings. The first-order chi connectivity index (χ1) is 5.70. The van der Waals surface area contributed by atoms with Crippen molar-refractivity contribution in [3.05, 3.63) is 0 Å². The van der Waals surface area contributed by atoms with Crippen LogP contribution in [0.5, 0.6) is 0 Å². The summed E-state index contributed by atoms with van der Waals surface area (Å²) in [7, 11) is 0. The molecule has 68 valence electrons. The molecule has 0 aromatic heterocycles. The molecule has 1 N–H and O–H groups in total. The molecule has 0 amide bonds. The summed E-state index contributed by atoms with van der Waals surface area (Å²) in [5.74, 6) is 1.30. The first kappa shape index (κ1) is 8.09. The number of hydrogen-bond donors (Lipinski definition) is 1. The molecule has 2 fully saturated rings. The van der Waals surface area contributed by atoms with Crippen LogP contribution < -0.4 is 0 Å². The largest absolute Gasteiger partial charge is 0.481 e. The molecule has 0 aromatic carbocycles. The van der Waals surface area contributed by atoms with E-state index in [0.29, 0.717) is 5.92 Å². The Balaban J connectivity index is 1.99. The smallest absolute Gasteiger partial charge is 0.306 e. The van der Waals surface area contributed by atoms with Gasteiger partial charge in [-0.3, -0.25) is 4.79 Å². The zero-order chi connectivity index (χ0) is 8.72. The van der Waals surface area contributed by atoms with Gasteiger partial charge in [0.15, 0.2) is 0 Å². The highest BCUT2D eigenvalue weighted by Gasteiger charge is 2.45. The minimum atomic E-state index is -0.598. The number of aliphatic carboxylic acids is 1. The number of hydrogen-bond acceptors (Lipinski definition) is 1. The molecule has 0 radical (unpaired) electrons. The summed E-state index contributed by atoms with van der Waals surface area (Å²) < 4.78 is 0. The fourth-order valence-electron chi connectivity index (χ4n) is 2.33. The second kappa shape index (κ2) is 2.75. The molecule has 12 heavy (non-hydrogen) atoms. The van der Waals surface area contributed by atoms with Gasteiger partial charge in [0.05, 0.1) is 5.92 Å². The van der Waals surface area contributed by atoms with Crippen LogP contribution in [0.2, 0.25) is 0 Å². The maximum absolute atomic E-state index is 10.8. The average molecular weight is 168 g/mol. The van der Waals surface area contributed by atoms with Crippen molar-refractivity contribution in [1.29, 1.82) is 0 Å². The van der Waals surface area contributed by atoms with Crippen LogP contribution in [0.15, 0.2) is 0 Å². The third kappa shape index (κ3) is 1.47. The van der Waals surface area contributed by atoms with Crippen molar-refractivity contribution in [3.63, 3.8) is 0 Å². The Hall–Kier alpha value is -0.530. The normalized spacial score (nSPS) is 25.8. The summed E-state index contributed by atoms with van der Waals surface area (Å²) in [6.07, 6.45) is 5.11. The molecular formula is C10H16O2. The molecule has 2 aliphatic carbocycles. The second-order valence-electron chi connectivity index (χ2n) is 4.38. The molecule has 0 spiro atoms. The highest BCUT2D eigenvalue weighted by atomic mass is 16.4.